The van der Waals surface area contributed by atoms with Gasteiger partial charge in [0.25, 0.3) is 0 Å². The summed E-state index contributed by atoms with van der Waals surface area (Å²) in [6, 6.07) is 20.1. The molecule has 0 heterocycles. The summed E-state index contributed by atoms with van der Waals surface area (Å²) < 4.78 is 21.4. The van der Waals surface area contributed by atoms with Crippen molar-refractivity contribution in [3.8, 4) is 0 Å². The molecule has 2 nitrogen and oxygen atoms in total. The first-order valence-corrected chi connectivity index (χ1v) is 8.23. The third kappa shape index (κ3) is 3.52. The molecule has 0 saturated carbocycles. The summed E-state index contributed by atoms with van der Waals surface area (Å²) in [6.45, 7) is 0. The Labute approximate surface area is 110 Å². The third-order valence-electron chi connectivity index (χ3n) is 2.53. The molecule has 18 heavy (non-hydrogen) atoms. The quantitative estimate of drug-likeness (QED) is 0.630. The number of hydrogen-bond acceptors (Lipinski definition) is 2. The van der Waals surface area contributed by atoms with E-state index in [0.717, 1.165) is 0 Å². The van der Waals surface area contributed by atoms with Crippen LogP contribution >= 0.6 is 7.92 Å². The predicted octanol–water partition coefficient (Wildman–Crippen LogP) is 1.80. The molecule has 2 rings (SSSR count). The summed E-state index contributed by atoms with van der Waals surface area (Å²) in [5, 5.41) is 3.74. The standard InChI is InChI=1S/C14H13O2PS/c15-18(16)12-11-17(13-7-3-1-4-8-13)14-9-5-2-6-10-14/h1-10,12H,11H2. The highest BCUT2D eigenvalue weighted by molar-refractivity contribution is 7.77. The molecule has 0 atom stereocenters. The average Bonchev–Trinajstić information content (AvgIpc) is 2.41. The Kier molecular flexibility index (Phi) is 4.68. The van der Waals surface area contributed by atoms with E-state index < -0.39 is 18.2 Å². The van der Waals surface area contributed by atoms with Crippen LogP contribution in [-0.2, 0) is 10.3 Å². The van der Waals surface area contributed by atoms with Gasteiger partial charge in [-0.3, -0.25) is 0 Å². The van der Waals surface area contributed by atoms with Gasteiger partial charge in [0.15, 0.2) is 0 Å². The molecule has 0 amide bonds. The van der Waals surface area contributed by atoms with Crippen molar-refractivity contribution < 1.29 is 8.42 Å². The maximum absolute atomic E-state index is 10.7. The van der Waals surface area contributed by atoms with Crippen molar-refractivity contribution in [1.82, 2.24) is 0 Å². The van der Waals surface area contributed by atoms with Crippen molar-refractivity contribution in [2.45, 2.75) is 0 Å². The fourth-order valence-electron chi connectivity index (χ4n) is 1.71. The summed E-state index contributed by atoms with van der Waals surface area (Å²) in [7, 11) is -2.72. The minimum atomic E-state index is -2.09. The molecule has 0 radical (unpaired) electrons. The van der Waals surface area contributed by atoms with Crippen LogP contribution in [-0.4, -0.2) is 19.9 Å². The SMILES string of the molecule is O=S(=O)=CCP(c1ccccc1)c1ccccc1. The van der Waals surface area contributed by atoms with Crippen LogP contribution in [0, 0.1) is 0 Å². The van der Waals surface area contributed by atoms with Crippen molar-refractivity contribution in [2.24, 2.45) is 0 Å². The zero-order valence-electron chi connectivity index (χ0n) is 9.73. The van der Waals surface area contributed by atoms with Crippen LogP contribution in [0.2, 0.25) is 0 Å². The van der Waals surface area contributed by atoms with Crippen LogP contribution in [0.5, 0.6) is 0 Å². The molecule has 0 aromatic heterocycles. The lowest BCUT2D eigenvalue weighted by Gasteiger charge is -2.15. The molecule has 0 N–H and O–H groups in total. The van der Waals surface area contributed by atoms with Crippen LogP contribution in [0.25, 0.3) is 0 Å². The molecule has 0 unspecified atom stereocenters. The van der Waals surface area contributed by atoms with E-state index in [-0.39, 0.29) is 0 Å². The van der Waals surface area contributed by atoms with E-state index >= 15 is 0 Å². The molecule has 0 bridgehead atoms. The van der Waals surface area contributed by atoms with Gasteiger partial charge in [-0.15, -0.1) is 0 Å². The van der Waals surface area contributed by atoms with Crippen LogP contribution in [0.1, 0.15) is 0 Å². The lowest BCUT2D eigenvalue weighted by molar-refractivity contribution is 0.627. The van der Waals surface area contributed by atoms with E-state index in [2.05, 4.69) is 24.3 Å². The summed E-state index contributed by atoms with van der Waals surface area (Å²) in [6.07, 6.45) is 0.555. The Morgan fingerprint density at radius 2 is 1.28 bits per heavy atom. The van der Waals surface area contributed by atoms with Crippen LogP contribution in [0.4, 0.5) is 0 Å². The first-order chi connectivity index (χ1) is 8.77. The van der Waals surface area contributed by atoms with Gasteiger partial charge < -0.3 is 0 Å². The zero-order valence-corrected chi connectivity index (χ0v) is 11.4. The highest BCUT2D eigenvalue weighted by Gasteiger charge is 2.11. The molecule has 0 aliphatic rings. The van der Waals surface area contributed by atoms with Gasteiger partial charge in [0, 0.05) is 11.5 Å². The smallest absolute Gasteiger partial charge is 0.185 e. The van der Waals surface area contributed by atoms with Gasteiger partial charge >= 0.3 is 0 Å². The topological polar surface area (TPSA) is 34.1 Å². The molecule has 2 aromatic rings. The summed E-state index contributed by atoms with van der Waals surface area (Å²) in [5.41, 5.74) is 0. The molecule has 0 fully saturated rings. The molecular weight excluding hydrogens is 263 g/mol. The molecule has 0 aliphatic carbocycles. The lowest BCUT2D eigenvalue weighted by Crippen LogP contribution is -2.14. The Balaban J connectivity index is 2.38. The predicted molar refractivity (Wildman–Crippen MR) is 78.9 cm³/mol. The largest absolute Gasteiger partial charge is 0.210 e. The first-order valence-electron chi connectivity index (χ1n) is 5.56. The number of benzene rings is 2. The highest BCUT2D eigenvalue weighted by atomic mass is 32.2. The normalized spacial score (nSPS) is 10.3. The summed E-state index contributed by atoms with van der Waals surface area (Å²) in [5.74, 6) is 0. The Morgan fingerprint density at radius 3 is 1.67 bits per heavy atom. The minimum Gasteiger partial charge on any atom is -0.185 e. The second-order valence-corrected chi connectivity index (χ2v) is 6.82. The average molecular weight is 276 g/mol. The molecule has 4 heteroatoms. The third-order valence-corrected chi connectivity index (χ3v) is 5.61. The van der Waals surface area contributed by atoms with Gasteiger partial charge in [0.1, 0.15) is 0 Å². The highest BCUT2D eigenvalue weighted by Crippen LogP contribution is 2.31. The van der Waals surface area contributed by atoms with Crippen molar-refractivity contribution in [1.29, 1.82) is 0 Å². The summed E-state index contributed by atoms with van der Waals surface area (Å²) >= 11 is 0. The van der Waals surface area contributed by atoms with Crippen molar-refractivity contribution >= 4 is 34.2 Å². The lowest BCUT2D eigenvalue weighted by atomic mass is 10.4. The molecule has 0 spiro atoms. The van der Waals surface area contributed by atoms with Gasteiger partial charge in [-0.25, -0.2) is 0 Å². The van der Waals surface area contributed by atoms with Gasteiger partial charge in [-0.2, -0.15) is 8.42 Å². The first kappa shape index (κ1) is 13.0. The van der Waals surface area contributed by atoms with Crippen LogP contribution in [0.15, 0.2) is 60.7 Å². The molecule has 0 aliphatic heterocycles. The van der Waals surface area contributed by atoms with Gasteiger partial charge in [-0.1, -0.05) is 60.7 Å². The number of hydrogen-bond donors (Lipinski definition) is 0. The van der Waals surface area contributed by atoms with Crippen LogP contribution < -0.4 is 10.6 Å². The fourth-order valence-corrected chi connectivity index (χ4v) is 4.58. The van der Waals surface area contributed by atoms with E-state index in [0.29, 0.717) is 6.16 Å². The second kappa shape index (κ2) is 6.48. The Morgan fingerprint density at radius 1 is 0.833 bits per heavy atom. The Hall–Kier alpha value is -1.44. The van der Waals surface area contributed by atoms with Gasteiger partial charge in [-0.05, 0) is 18.5 Å². The van der Waals surface area contributed by atoms with Gasteiger partial charge in [0.05, 0.1) is 0 Å². The molecular formula is C14H13O2PS. The second-order valence-electron chi connectivity index (χ2n) is 3.71. The van der Waals surface area contributed by atoms with Crippen molar-refractivity contribution in [3.63, 3.8) is 0 Å². The fraction of sp³-hybridized carbons (Fsp3) is 0.0714. The molecule has 92 valence electrons. The van der Waals surface area contributed by atoms with E-state index in [9.17, 15) is 8.42 Å². The van der Waals surface area contributed by atoms with Crippen LogP contribution in [0.3, 0.4) is 0 Å². The van der Waals surface area contributed by atoms with E-state index in [4.69, 9.17) is 0 Å². The van der Waals surface area contributed by atoms with Crippen molar-refractivity contribution in [3.05, 3.63) is 60.7 Å². The maximum Gasteiger partial charge on any atom is 0.210 e. The molecule has 0 saturated heterocycles. The van der Waals surface area contributed by atoms with E-state index in [1.807, 2.05) is 36.4 Å². The zero-order chi connectivity index (χ0) is 12.8. The maximum atomic E-state index is 10.7. The van der Waals surface area contributed by atoms with E-state index in [1.165, 1.54) is 16.0 Å². The minimum absolute atomic E-state index is 0.555. The van der Waals surface area contributed by atoms with Crippen molar-refractivity contribution in [2.75, 3.05) is 6.16 Å². The number of rotatable bonds is 4. The molecule has 2 aromatic carbocycles. The van der Waals surface area contributed by atoms with Gasteiger partial charge in [0.2, 0.25) is 10.3 Å². The summed E-state index contributed by atoms with van der Waals surface area (Å²) in [4.78, 5) is 0. The monoisotopic (exact) mass is 276 g/mol. The Bertz CT molecular complexity index is 574. The van der Waals surface area contributed by atoms with E-state index in [1.54, 1.807) is 0 Å².